The number of rotatable bonds is 4. The van der Waals surface area contributed by atoms with Crippen LogP contribution in [0.5, 0.6) is 0 Å². The number of nitrogens with two attached hydrogens (primary N) is 1. The molecule has 1 aliphatic carbocycles. The summed E-state index contributed by atoms with van der Waals surface area (Å²) in [5.41, 5.74) is 5.82. The van der Waals surface area contributed by atoms with Crippen molar-refractivity contribution in [2.75, 3.05) is 13.1 Å². The predicted molar refractivity (Wildman–Crippen MR) is 71.2 cm³/mol. The molecule has 1 fully saturated rings. The smallest absolute Gasteiger partial charge is 0.216 e. The van der Waals surface area contributed by atoms with E-state index in [4.69, 9.17) is 5.73 Å². The zero-order valence-corrected chi connectivity index (χ0v) is 12.1. The summed E-state index contributed by atoms with van der Waals surface area (Å²) in [6.07, 6.45) is 5.64. The van der Waals surface area contributed by atoms with Crippen LogP contribution in [0.1, 0.15) is 52.9 Å². The molecule has 5 heteroatoms. The summed E-state index contributed by atoms with van der Waals surface area (Å²) >= 11 is 0. The van der Waals surface area contributed by atoms with Gasteiger partial charge in [-0.25, -0.2) is 13.1 Å². The summed E-state index contributed by atoms with van der Waals surface area (Å²) in [5, 5.41) is 0. The summed E-state index contributed by atoms with van der Waals surface area (Å²) < 4.78 is 26.0. The molecule has 0 spiro atoms. The quantitative estimate of drug-likeness (QED) is 0.808. The molecule has 0 atom stereocenters. The molecule has 4 nitrogen and oxygen atoms in total. The molecule has 0 saturated heterocycles. The van der Waals surface area contributed by atoms with Gasteiger partial charge in [0.05, 0.1) is 4.75 Å². The van der Waals surface area contributed by atoms with Gasteiger partial charge in [0.15, 0.2) is 0 Å². The van der Waals surface area contributed by atoms with Crippen molar-refractivity contribution in [3.05, 3.63) is 0 Å². The van der Waals surface area contributed by atoms with Crippen molar-refractivity contribution in [2.45, 2.75) is 57.6 Å². The van der Waals surface area contributed by atoms with Crippen molar-refractivity contribution >= 4 is 10.0 Å². The zero-order valence-electron chi connectivity index (χ0n) is 11.3. The molecule has 0 bridgehead atoms. The van der Waals surface area contributed by atoms with Crippen molar-refractivity contribution in [3.63, 3.8) is 0 Å². The Balaban J connectivity index is 2.65. The van der Waals surface area contributed by atoms with Gasteiger partial charge in [0.25, 0.3) is 0 Å². The third kappa shape index (κ3) is 3.66. The molecular formula is C12H26N2O2S. The van der Waals surface area contributed by atoms with E-state index < -0.39 is 14.8 Å². The minimum atomic E-state index is -3.25. The van der Waals surface area contributed by atoms with E-state index >= 15 is 0 Å². The fraction of sp³-hybridized carbons (Fsp3) is 1.00. The first-order valence-electron chi connectivity index (χ1n) is 6.42. The number of sulfonamides is 1. The predicted octanol–water partition coefficient (Wildman–Crippen LogP) is 1.61. The lowest BCUT2D eigenvalue weighted by Crippen LogP contribution is -2.48. The molecule has 0 heterocycles. The molecule has 17 heavy (non-hydrogen) atoms. The van der Waals surface area contributed by atoms with E-state index in [1.807, 2.05) is 0 Å². The molecule has 0 aromatic carbocycles. The number of hydrogen-bond acceptors (Lipinski definition) is 3. The molecule has 0 aromatic rings. The highest BCUT2D eigenvalue weighted by Crippen LogP contribution is 2.35. The lowest BCUT2D eigenvalue weighted by Gasteiger charge is -2.37. The molecule has 0 unspecified atom stereocenters. The highest BCUT2D eigenvalue weighted by atomic mass is 32.2. The van der Waals surface area contributed by atoms with Gasteiger partial charge >= 0.3 is 0 Å². The van der Waals surface area contributed by atoms with E-state index in [0.717, 1.165) is 25.7 Å². The third-order valence-electron chi connectivity index (χ3n) is 3.79. The Morgan fingerprint density at radius 3 is 2.12 bits per heavy atom. The van der Waals surface area contributed by atoms with Crippen molar-refractivity contribution in [1.29, 1.82) is 0 Å². The normalized spacial score (nSPS) is 21.4. The molecule has 1 saturated carbocycles. The monoisotopic (exact) mass is 262 g/mol. The Hall–Kier alpha value is -0.130. The van der Waals surface area contributed by atoms with Gasteiger partial charge in [0.1, 0.15) is 0 Å². The van der Waals surface area contributed by atoms with Crippen LogP contribution >= 0.6 is 0 Å². The maximum atomic E-state index is 12.0. The second-order valence-electron chi connectivity index (χ2n) is 6.20. The van der Waals surface area contributed by atoms with Crippen LogP contribution in [0.2, 0.25) is 0 Å². The lowest BCUT2D eigenvalue weighted by atomic mass is 9.74. The van der Waals surface area contributed by atoms with Crippen LogP contribution in [-0.4, -0.2) is 26.3 Å². The third-order valence-corrected chi connectivity index (χ3v) is 5.93. The number of hydrogen-bond donors (Lipinski definition) is 2. The van der Waals surface area contributed by atoms with Crippen LogP contribution in [0.4, 0.5) is 0 Å². The first kappa shape index (κ1) is 14.9. The van der Waals surface area contributed by atoms with Crippen LogP contribution in [-0.2, 0) is 10.0 Å². The first-order valence-corrected chi connectivity index (χ1v) is 7.90. The SMILES string of the molecule is CC(C)(C)S(=O)(=O)NCC1(CN)CCCCC1. The van der Waals surface area contributed by atoms with Gasteiger partial charge in [-0.05, 0) is 45.6 Å². The minimum absolute atomic E-state index is 0.0173. The fourth-order valence-corrected chi connectivity index (χ4v) is 3.15. The van der Waals surface area contributed by atoms with E-state index in [0.29, 0.717) is 13.1 Å². The van der Waals surface area contributed by atoms with E-state index in [-0.39, 0.29) is 5.41 Å². The highest BCUT2D eigenvalue weighted by Gasteiger charge is 2.35. The van der Waals surface area contributed by atoms with Crippen LogP contribution in [0, 0.1) is 5.41 Å². The van der Waals surface area contributed by atoms with E-state index in [9.17, 15) is 8.42 Å². The van der Waals surface area contributed by atoms with Crippen LogP contribution in [0.15, 0.2) is 0 Å². The molecule has 1 rings (SSSR count). The molecule has 0 radical (unpaired) electrons. The largest absolute Gasteiger partial charge is 0.330 e. The van der Waals surface area contributed by atoms with Gasteiger partial charge in [-0.2, -0.15) is 0 Å². The van der Waals surface area contributed by atoms with Crippen LogP contribution in [0.3, 0.4) is 0 Å². The summed E-state index contributed by atoms with van der Waals surface area (Å²) in [5.74, 6) is 0. The second-order valence-corrected chi connectivity index (χ2v) is 8.72. The summed E-state index contributed by atoms with van der Waals surface area (Å²) in [4.78, 5) is 0. The van der Waals surface area contributed by atoms with Gasteiger partial charge in [0.2, 0.25) is 10.0 Å². The zero-order chi connectivity index (χ0) is 13.2. The summed E-state index contributed by atoms with van der Waals surface area (Å²) in [6.45, 7) is 6.20. The van der Waals surface area contributed by atoms with Gasteiger partial charge in [-0.1, -0.05) is 19.3 Å². The highest BCUT2D eigenvalue weighted by molar-refractivity contribution is 7.90. The average Bonchev–Trinajstić information content (AvgIpc) is 2.26. The van der Waals surface area contributed by atoms with Gasteiger partial charge in [-0.15, -0.1) is 0 Å². The average molecular weight is 262 g/mol. The molecule has 0 amide bonds. The Kier molecular flexibility index (Phi) is 4.60. The van der Waals surface area contributed by atoms with Crippen molar-refractivity contribution in [3.8, 4) is 0 Å². The van der Waals surface area contributed by atoms with Gasteiger partial charge < -0.3 is 5.73 Å². The van der Waals surface area contributed by atoms with Gasteiger partial charge in [0, 0.05) is 6.54 Å². The number of nitrogens with one attached hydrogen (secondary N) is 1. The molecule has 3 N–H and O–H groups in total. The second kappa shape index (κ2) is 5.24. The fourth-order valence-electron chi connectivity index (χ4n) is 2.22. The maximum Gasteiger partial charge on any atom is 0.216 e. The molecule has 0 aromatic heterocycles. The molecule has 0 aliphatic heterocycles. The summed E-state index contributed by atoms with van der Waals surface area (Å²) in [7, 11) is -3.25. The van der Waals surface area contributed by atoms with Crippen molar-refractivity contribution < 1.29 is 8.42 Å². The minimum Gasteiger partial charge on any atom is -0.330 e. The first-order chi connectivity index (χ1) is 7.72. The Bertz CT molecular complexity index is 338. The topological polar surface area (TPSA) is 72.2 Å². The van der Waals surface area contributed by atoms with E-state index in [1.54, 1.807) is 20.8 Å². The molecule has 1 aliphatic rings. The standard InChI is InChI=1S/C12H26N2O2S/c1-11(2,3)17(15,16)14-10-12(9-13)7-5-4-6-8-12/h14H,4-10,13H2,1-3H3. The Morgan fingerprint density at radius 1 is 1.18 bits per heavy atom. The van der Waals surface area contributed by atoms with E-state index in [1.165, 1.54) is 6.42 Å². The van der Waals surface area contributed by atoms with Gasteiger partial charge in [-0.3, -0.25) is 0 Å². The van der Waals surface area contributed by atoms with Crippen LogP contribution < -0.4 is 10.5 Å². The molecule has 102 valence electrons. The lowest BCUT2D eigenvalue weighted by molar-refractivity contribution is 0.201. The summed E-state index contributed by atoms with van der Waals surface area (Å²) in [6, 6.07) is 0. The van der Waals surface area contributed by atoms with Crippen molar-refractivity contribution in [1.82, 2.24) is 4.72 Å². The van der Waals surface area contributed by atoms with Crippen molar-refractivity contribution in [2.24, 2.45) is 11.1 Å². The van der Waals surface area contributed by atoms with Crippen LogP contribution in [0.25, 0.3) is 0 Å². The Labute approximate surface area is 105 Å². The molecular weight excluding hydrogens is 236 g/mol. The Morgan fingerprint density at radius 2 is 1.71 bits per heavy atom. The maximum absolute atomic E-state index is 12.0. The van der Waals surface area contributed by atoms with E-state index in [2.05, 4.69) is 4.72 Å².